The highest BCUT2D eigenvalue weighted by molar-refractivity contribution is 4.78. The van der Waals surface area contributed by atoms with Crippen LogP contribution in [0.4, 0.5) is 0 Å². The molecular weight excluding hydrogens is 134 g/mol. The Labute approximate surface area is 72.1 Å². The summed E-state index contributed by atoms with van der Waals surface area (Å²) >= 11 is 0. The number of hydrogen-bond donors (Lipinski definition) is 1. The van der Waals surface area contributed by atoms with Crippen molar-refractivity contribution < 1.29 is 1.43 Å². The zero-order chi connectivity index (χ0) is 8.10. The van der Waals surface area contributed by atoms with E-state index in [0.717, 1.165) is 11.8 Å². The van der Waals surface area contributed by atoms with E-state index in [4.69, 9.17) is 0 Å². The molecule has 1 aliphatic rings. The molecule has 0 heterocycles. The van der Waals surface area contributed by atoms with Crippen molar-refractivity contribution in [3.63, 3.8) is 0 Å². The summed E-state index contributed by atoms with van der Waals surface area (Å²) < 4.78 is 0. The summed E-state index contributed by atoms with van der Waals surface area (Å²) in [4.78, 5) is 0. The first kappa shape index (κ1) is 9.05. The fourth-order valence-electron chi connectivity index (χ4n) is 2.01. The van der Waals surface area contributed by atoms with Crippen molar-refractivity contribution in [1.82, 2.24) is 5.32 Å². The lowest BCUT2D eigenvalue weighted by Gasteiger charge is -2.34. The smallest absolute Gasteiger partial charge is 0 e. The van der Waals surface area contributed by atoms with Crippen LogP contribution in [0.1, 0.15) is 40.5 Å². The van der Waals surface area contributed by atoms with E-state index in [1.165, 1.54) is 38.6 Å². The Balaban J connectivity index is 0.00000121. The normalized spacial score (nSPS) is 30.0. The molecule has 1 aliphatic carbocycles. The Morgan fingerprint density at radius 1 is 1.36 bits per heavy atom. The van der Waals surface area contributed by atoms with Crippen LogP contribution in [0.25, 0.3) is 0 Å². The van der Waals surface area contributed by atoms with Gasteiger partial charge < -0.3 is 5.32 Å². The Bertz CT molecular complexity index is 100. The average Bonchev–Trinajstić information content (AvgIpc) is 1.94. The van der Waals surface area contributed by atoms with Crippen LogP contribution < -0.4 is 5.32 Å². The number of nitrogens with one attached hydrogen (secondary N) is 1. The molecule has 1 N–H and O–H groups in total. The van der Waals surface area contributed by atoms with Crippen LogP contribution in [0.2, 0.25) is 0 Å². The molecule has 1 nitrogen and oxygen atoms in total. The molecule has 0 aromatic rings. The van der Waals surface area contributed by atoms with E-state index in [1.54, 1.807) is 0 Å². The molecule has 68 valence electrons. The molecule has 1 rings (SSSR count). The van der Waals surface area contributed by atoms with Gasteiger partial charge in [-0.05, 0) is 51.1 Å². The van der Waals surface area contributed by atoms with Crippen molar-refractivity contribution in [2.24, 2.45) is 11.8 Å². The lowest BCUT2D eigenvalue weighted by atomic mass is 9.72. The Kier molecular flexibility index (Phi) is 3.92. The van der Waals surface area contributed by atoms with Gasteiger partial charge in [-0.1, -0.05) is 13.3 Å². The summed E-state index contributed by atoms with van der Waals surface area (Å²) in [5, 5.41) is 3.20. The fraction of sp³-hybridized carbons (Fsp3) is 1.00. The van der Waals surface area contributed by atoms with Gasteiger partial charge in [0.2, 0.25) is 0 Å². The molecule has 0 radical (unpaired) electrons. The number of rotatable bonds is 5. The van der Waals surface area contributed by atoms with Crippen LogP contribution >= 0.6 is 0 Å². The molecule has 0 aromatic heterocycles. The minimum Gasteiger partial charge on any atom is -0.320 e. The first-order valence-electron chi connectivity index (χ1n) is 5.01. The summed E-state index contributed by atoms with van der Waals surface area (Å²) in [6.07, 6.45) is 7.26. The van der Waals surface area contributed by atoms with E-state index in [1.807, 2.05) is 7.05 Å². The van der Waals surface area contributed by atoms with E-state index in [9.17, 15) is 0 Å². The molecule has 1 heteroatoms. The summed E-state index contributed by atoms with van der Waals surface area (Å²) in [5.74, 6) is 2.16. The van der Waals surface area contributed by atoms with Crippen LogP contribution in [-0.4, -0.2) is 13.6 Å². The van der Waals surface area contributed by atoms with Crippen molar-refractivity contribution in [2.45, 2.75) is 39.0 Å². The van der Waals surface area contributed by atoms with E-state index < -0.39 is 0 Å². The monoisotopic (exact) mass is 157 g/mol. The quantitative estimate of drug-likeness (QED) is 0.605. The van der Waals surface area contributed by atoms with Gasteiger partial charge in [0.1, 0.15) is 0 Å². The van der Waals surface area contributed by atoms with Gasteiger partial charge in [-0.25, -0.2) is 0 Å². The molecule has 0 aliphatic heterocycles. The lowest BCUT2D eigenvalue weighted by molar-refractivity contribution is 0.174. The molecule has 0 amide bonds. The molecule has 11 heavy (non-hydrogen) atoms. The maximum atomic E-state index is 3.20. The van der Waals surface area contributed by atoms with Crippen LogP contribution in [0.3, 0.4) is 0 Å². The largest absolute Gasteiger partial charge is 0.320 e. The Hall–Kier alpha value is -0.0400. The van der Waals surface area contributed by atoms with Crippen LogP contribution in [0.5, 0.6) is 0 Å². The van der Waals surface area contributed by atoms with Gasteiger partial charge in [0, 0.05) is 1.43 Å². The molecule has 0 saturated heterocycles. The topological polar surface area (TPSA) is 12.0 Å². The first-order valence-corrected chi connectivity index (χ1v) is 5.01. The van der Waals surface area contributed by atoms with E-state index >= 15 is 0 Å². The second-order valence-corrected chi connectivity index (χ2v) is 3.86. The summed E-state index contributed by atoms with van der Waals surface area (Å²) in [7, 11) is 2.04. The van der Waals surface area contributed by atoms with Crippen molar-refractivity contribution in [3.05, 3.63) is 0 Å². The van der Waals surface area contributed by atoms with Crippen molar-refractivity contribution in [1.29, 1.82) is 0 Å². The third kappa shape index (κ3) is 2.82. The lowest BCUT2D eigenvalue weighted by Crippen LogP contribution is -2.23. The van der Waals surface area contributed by atoms with Gasteiger partial charge in [-0.2, -0.15) is 0 Å². The van der Waals surface area contributed by atoms with Gasteiger partial charge in [-0.3, -0.25) is 0 Å². The zero-order valence-corrected chi connectivity index (χ0v) is 7.90. The average molecular weight is 157 g/mol. The zero-order valence-electron chi connectivity index (χ0n) is 7.90. The third-order valence-electron chi connectivity index (χ3n) is 2.95. The summed E-state index contributed by atoms with van der Waals surface area (Å²) in [6.45, 7) is 3.52. The molecule has 0 bridgehead atoms. The molecular formula is C10H23N. The van der Waals surface area contributed by atoms with Crippen molar-refractivity contribution in [3.8, 4) is 0 Å². The minimum atomic E-state index is 0. The fourth-order valence-corrected chi connectivity index (χ4v) is 2.01. The standard InChI is InChI=1S/C10H21N.H2/c1-3-9-7-10(8-9)5-4-6-11-2;/h9-11H,3-8H2,1-2H3;1H. The molecule has 0 unspecified atom stereocenters. The van der Waals surface area contributed by atoms with E-state index in [2.05, 4.69) is 12.2 Å². The van der Waals surface area contributed by atoms with Gasteiger partial charge in [0.25, 0.3) is 0 Å². The summed E-state index contributed by atoms with van der Waals surface area (Å²) in [5.41, 5.74) is 0. The third-order valence-corrected chi connectivity index (χ3v) is 2.95. The van der Waals surface area contributed by atoms with Gasteiger partial charge in [0.15, 0.2) is 0 Å². The van der Waals surface area contributed by atoms with Crippen LogP contribution in [-0.2, 0) is 0 Å². The SMILES string of the molecule is CCC1CC(CCCNC)C1.[HH]. The first-order chi connectivity index (χ1) is 5.36. The predicted octanol–water partition coefficient (Wildman–Crippen LogP) is 2.67. The Morgan fingerprint density at radius 2 is 2.09 bits per heavy atom. The second-order valence-electron chi connectivity index (χ2n) is 3.86. The number of hydrogen-bond acceptors (Lipinski definition) is 1. The van der Waals surface area contributed by atoms with Gasteiger partial charge >= 0.3 is 0 Å². The van der Waals surface area contributed by atoms with Crippen LogP contribution in [0, 0.1) is 11.8 Å². The van der Waals surface area contributed by atoms with Gasteiger partial charge in [0.05, 0.1) is 0 Å². The molecule has 0 aromatic carbocycles. The minimum absolute atomic E-state index is 0. The summed E-state index contributed by atoms with van der Waals surface area (Å²) in [6, 6.07) is 0. The van der Waals surface area contributed by atoms with Gasteiger partial charge in [-0.15, -0.1) is 0 Å². The second kappa shape index (κ2) is 4.76. The van der Waals surface area contributed by atoms with Crippen molar-refractivity contribution >= 4 is 0 Å². The molecule has 0 spiro atoms. The molecule has 0 atom stereocenters. The van der Waals surface area contributed by atoms with E-state index in [0.29, 0.717) is 0 Å². The highest BCUT2D eigenvalue weighted by atomic mass is 14.8. The Morgan fingerprint density at radius 3 is 2.64 bits per heavy atom. The van der Waals surface area contributed by atoms with Crippen LogP contribution in [0.15, 0.2) is 0 Å². The highest BCUT2D eigenvalue weighted by Crippen LogP contribution is 2.38. The van der Waals surface area contributed by atoms with E-state index in [-0.39, 0.29) is 1.43 Å². The maximum absolute atomic E-state index is 3.20. The molecule has 1 saturated carbocycles. The maximum Gasteiger partial charge on any atom is 0 e. The van der Waals surface area contributed by atoms with Crippen molar-refractivity contribution in [2.75, 3.05) is 13.6 Å². The predicted molar refractivity (Wildman–Crippen MR) is 51.8 cm³/mol. The molecule has 1 fully saturated rings. The highest BCUT2D eigenvalue weighted by Gasteiger charge is 2.26.